The Hall–Kier alpha value is -2.18. The second-order valence-corrected chi connectivity index (χ2v) is 7.37. The van der Waals surface area contributed by atoms with Crippen LogP contribution in [0, 0.1) is 6.92 Å². The van der Waals surface area contributed by atoms with Crippen LogP contribution in [0.4, 0.5) is 0 Å². The fourth-order valence-electron chi connectivity index (χ4n) is 3.95. The molecule has 0 aliphatic carbocycles. The normalized spacial score (nSPS) is 22.6. The molecule has 6 nitrogen and oxygen atoms in total. The van der Waals surface area contributed by atoms with Gasteiger partial charge in [-0.25, -0.2) is 0 Å². The Bertz CT molecular complexity index is 751. The van der Waals surface area contributed by atoms with Gasteiger partial charge in [-0.1, -0.05) is 6.07 Å². The number of pyridine rings is 1. The SMILES string of the molecule is Cc1ccc(CN2CCC3(CC2)C[C@@H](NC(=O)c2ccccn2)CO3)o1. The lowest BCUT2D eigenvalue weighted by Gasteiger charge is -2.38. The number of nitrogens with zero attached hydrogens (tertiary/aromatic N) is 2. The van der Waals surface area contributed by atoms with Gasteiger partial charge in [-0.05, 0) is 50.5 Å². The third-order valence-corrected chi connectivity index (χ3v) is 5.38. The first-order valence-electron chi connectivity index (χ1n) is 9.25. The molecule has 6 heteroatoms. The van der Waals surface area contributed by atoms with E-state index in [2.05, 4.69) is 21.3 Å². The Balaban J connectivity index is 1.28. The highest BCUT2D eigenvalue weighted by Crippen LogP contribution is 2.36. The number of piperidine rings is 1. The van der Waals surface area contributed by atoms with E-state index in [-0.39, 0.29) is 17.6 Å². The van der Waals surface area contributed by atoms with Crippen LogP contribution in [0.25, 0.3) is 0 Å². The zero-order valence-electron chi connectivity index (χ0n) is 15.1. The molecule has 26 heavy (non-hydrogen) atoms. The van der Waals surface area contributed by atoms with Crippen molar-refractivity contribution in [2.24, 2.45) is 0 Å². The van der Waals surface area contributed by atoms with Crippen LogP contribution < -0.4 is 5.32 Å². The summed E-state index contributed by atoms with van der Waals surface area (Å²) in [6.07, 6.45) is 4.49. The maximum atomic E-state index is 12.3. The van der Waals surface area contributed by atoms with Crippen LogP contribution in [-0.2, 0) is 11.3 Å². The third kappa shape index (κ3) is 3.81. The fraction of sp³-hybridized carbons (Fsp3) is 0.500. The molecule has 0 radical (unpaired) electrons. The molecular weight excluding hydrogens is 330 g/mol. The summed E-state index contributed by atoms with van der Waals surface area (Å²) in [6, 6.07) is 9.48. The van der Waals surface area contributed by atoms with Crippen LogP contribution in [0.15, 0.2) is 40.9 Å². The molecule has 0 unspecified atom stereocenters. The van der Waals surface area contributed by atoms with Crippen LogP contribution >= 0.6 is 0 Å². The molecule has 2 aliphatic heterocycles. The van der Waals surface area contributed by atoms with E-state index in [0.717, 1.165) is 50.4 Å². The number of likely N-dealkylation sites (tertiary alicyclic amines) is 1. The van der Waals surface area contributed by atoms with Gasteiger partial charge in [0.2, 0.25) is 0 Å². The Kier molecular flexibility index (Phi) is 4.78. The lowest BCUT2D eigenvalue weighted by molar-refractivity contribution is -0.0458. The monoisotopic (exact) mass is 355 g/mol. The predicted octanol–water partition coefficient (Wildman–Crippen LogP) is 2.54. The van der Waals surface area contributed by atoms with Crippen molar-refractivity contribution in [1.82, 2.24) is 15.2 Å². The number of hydrogen-bond donors (Lipinski definition) is 1. The summed E-state index contributed by atoms with van der Waals surface area (Å²) in [5.74, 6) is 1.85. The summed E-state index contributed by atoms with van der Waals surface area (Å²) in [7, 11) is 0. The second kappa shape index (κ2) is 7.21. The Morgan fingerprint density at radius 3 is 2.85 bits per heavy atom. The number of rotatable bonds is 4. The van der Waals surface area contributed by atoms with Gasteiger partial charge in [0.1, 0.15) is 17.2 Å². The van der Waals surface area contributed by atoms with Crippen LogP contribution in [0.3, 0.4) is 0 Å². The lowest BCUT2D eigenvalue weighted by atomic mass is 9.87. The molecule has 0 bridgehead atoms. The van der Waals surface area contributed by atoms with Gasteiger partial charge in [-0.3, -0.25) is 14.7 Å². The van der Waals surface area contributed by atoms with Gasteiger partial charge in [-0.15, -0.1) is 0 Å². The van der Waals surface area contributed by atoms with E-state index in [1.54, 1.807) is 12.3 Å². The predicted molar refractivity (Wildman–Crippen MR) is 96.7 cm³/mol. The average molecular weight is 355 g/mol. The lowest BCUT2D eigenvalue weighted by Crippen LogP contribution is -2.44. The molecule has 2 saturated heterocycles. The summed E-state index contributed by atoms with van der Waals surface area (Å²) in [5.41, 5.74) is 0.356. The molecular formula is C20H25N3O3. The molecule has 2 fully saturated rings. The third-order valence-electron chi connectivity index (χ3n) is 5.38. The summed E-state index contributed by atoms with van der Waals surface area (Å²) in [4.78, 5) is 18.8. The number of furan rings is 1. The average Bonchev–Trinajstić information content (AvgIpc) is 3.24. The van der Waals surface area contributed by atoms with E-state index >= 15 is 0 Å². The maximum Gasteiger partial charge on any atom is 0.270 e. The molecule has 0 saturated carbocycles. The molecule has 2 aromatic heterocycles. The van der Waals surface area contributed by atoms with Crippen molar-refractivity contribution in [1.29, 1.82) is 0 Å². The van der Waals surface area contributed by atoms with Crippen LogP contribution in [0.2, 0.25) is 0 Å². The van der Waals surface area contributed by atoms with Gasteiger partial charge >= 0.3 is 0 Å². The van der Waals surface area contributed by atoms with Gasteiger partial charge in [0.15, 0.2) is 0 Å². The van der Waals surface area contributed by atoms with Crippen molar-refractivity contribution in [2.75, 3.05) is 19.7 Å². The quantitative estimate of drug-likeness (QED) is 0.913. The van der Waals surface area contributed by atoms with E-state index in [0.29, 0.717) is 12.3 Å². The van der Waals surface area contributed by atoms with Crippen molar-refractivity contribution in [3.8, 4) is 0 Å². The van der Waals surface area contributed by atoms with E-state index in [1.807, 2.05) is 25.1 Å². The number of aryl methyl sites for hydroxylation is 1. The number of amides is 1. The molecule has 1 spiro atoms. The number of ether oxygens (including phenoxy) is 1. The van der Waals surface area contributed by atoms with E-state index in [1.165, 1.54) is 0 Å². The van der Waals surface area contributed by atoms with Crippen LogP contribution in [0.1, 0.15) is 41.3 Å². The first-order chi connectivity index (χ1) is 12.6. The molecule has 138 valence electrons. The first kappa shape index (κ1) is 17.2. The fourth-order valence-corrected chi connectivity index (χ4v) is 3.95. The van der Waals surface area contributed by atoms with Gasteiger partial charge in [0.25, 0.3) is 5.91 Å². The van der Waals surface area contributed by atoms with Crippen LogP contribution in [0.5, 0.6) is 0 Å². The number of carbonyl (C=O) groups is 1. The summed E-state index contributed by atoms with van der Waals surface area (Å²) >= 11 is 0. The van der Waals surface area contributed by atoms with Crippen molar-refractivity contribution in [3.63, 3.8) is 0 Å². The molecule has 1 amide bonds. The molecule has 1 N–H and O–H groups in total. The van der Waals surface area contributed by atoms with Crippen molar-refractivity contribution in [3.05, 3.63) is 53.7 Å². The van der Waals surface area contributed by atoms with Gasteiger partial charge in [0, 0.05) is 19.3 Å². The maximum absolute atomic E-state index is 12.3. The molecule has 1 atom stereocenters. The standard InChI is InChI=1S/C20H25N3O3/c1-15-5-6-17(26-15)13-23-10-7-20(8-11-23)12-16(14-25-20)22-19(24)18-4-2-3-9-21-18/h2-6,9,16H,7-8,10-14H2,1H3,(H,22,24)/t16-/m1/s1. The zero-order chi connectivity index (χ0) is 18.0. The van der Waals surface area contributed by atoms with Crippen molar-refractivity contribution < 1.29 is 13.9 Å². The highest BCUT2D eigenvalue weighted by molar-refractivity contribution is 5.92. The second-order valence-electron chi connectivity index (χ2n) is 7.37. The minimum atomic E-state index is -0.123. The molecule has 2 aromatic rings. The number of nitrogens with one attached hydrogen (secondary N) is 1. The number of hydrogen-bond acceptors (Lipinski definition) is 5. The number of aromatic nitrogens is 1. The summed E-state index contributed by atoms with van der Waals surface area (Å²) in [6.45, 7) is 5.38. The Morgan fingerprint density at radius 2 is 2.15 bits per heavy atom. The van der Waals surface area contributed by atoms with Gasteiger partial charge < -0.3 is 14.5 Å². The van der Waals surface area contributed by atoms with Crippen LogP contribution in [-0.4, -0.2) is 47.1 Å². The Morgan fingerprint density at radius 1 is 1.31 bits per heavy atom. The topological polar surface area (TPSA) is 67.6 Å². The minimum Gasteiger partial charge on any atom is -0.465 e. The zero-order valence-corrected chi connectivity index (χ0v) is 15.1. The molecule has 4 heterocycles. The number of carbonyl (C=O) groups excluding carboxylic acids is 1. The van der Waals surface area contributed by atoms with E-state index in [9.17, 15) is 4.79 Å². The highest BCUT2D eigenvalue weighted by Gasteiger charge is 2.43. The first-order valence-corrected chi connectivity index (χ1v) is 9.25. The minimum absolute atomic E-state index is 0.0591. The van der Waals surface area contributed by atoms with Gasteiger partial charge in [0.05, 0.1) is 24.8 Å². The smallest absolute Gasteiger partial charge is 0.270 e. The molecule has 0 aromatic carbocycles. The van der Waals surface area contributed by atoms with Crippen molar-refractivity contribution >= 4 is 5.91 Å². The molecule has 2 aliphatic rings. The Labute approximate surface area is 153 Å². The van der Waals surface area contributed by atoms with Gasteiger partial charge in [-0.2, -0.15) is 0 Å². The summed E-state index contributed by atoms with van der Waals surface area (Å²) in [5, 5.41) is 3.07. The van der Waals surface area contributed by atoms with E-state index in [4.69, 9.17) is 9.15 Å². The van der Waals surface area contributed by atoms with Crippen molar-refractivity contribution in [2.45, 2.75) is 44.4 Å². The summed E-state index contributed by atoms with van der Waals surface area (Å²) < 4.78 is 11.8. The molecule has 4 rings (SSSR count). The largest absolute Gasteiger partial charge is 0.465 e. The highest BCUT2D eigenvalue weighted by atomic mass is 16.5. The van der Waals surface area contributed by atoms with E-state index < -0.39 is 0 Å².